The van der Waals surface area contributed by atoms with Gasteiger partial charge in [0.15, 0.2) is 17.2 Å². The Morgan fingerprint density at radius 1 is 1.47 bits per heavy atom. The summed E-state index contributed by atoms with van der Waals surface area (Å²) >= 11 is 0. The van der Waals surface area contributed by atoms with E-state index in [9.17, 15) is 9.18 Å². The van der Waals surface area contributed by atoms with E-state index < -0.39 is 23.1 Å². The van der Waals surface area contributed by atoms with E-state index in [1.807, 2.05) is 0 Å². The quantitative estimate of drug-likeness (QED) is 0.804. The Bertz CT molecular complexity index is 387. The fourth-order valence-corrected chi connectivity index (χ4v) is 0.889. The van der Waals surface area contributed by atoms with Crippen LogP contribution in [0, 0.1) is 5.82 Å². The van der Waals surface area contributed by atoms with E-state index in [1.165, 1.54) is 19.9 Å². The highest BCUT2D eigenvalue weighted by atomic mass is 19.1. The van der Waals surface area contributed by atoms with Crippen LogP contribution >= 0.6 is 0 Å². The average molecular weight is 214 g/mol. The van der Waals surface area contributed by atoms with Crippen molar-refractivity contribution < 1.29 is 24.1 Å². The molecular formula is C10H11FO4. The topological polar surface area (TPSA) is 66.8 Å². The first-order chi connectivity index (χ1) is 6.83. The van der Waals surface area contributed by atoms with Gasteiger partial charge in [0.25, 0.3) is 0 Å². The van der Waals surface area contributed by atoms with Crippen LogP contribution < -0.4 is 4.74 Å². The van der Waals surface area contributed by atoms with Gasteiger partial charge in [-0.1, -0.05) is 0 Å². The number of phenolic OH excluding ortho intramolecular Hbond substituents is 1. The van der Waals surface area contributed by atoms with Gasteiger partial charge in [-0.15, -0.1) is 0 Å². The third-order valence-electron chi connectivity index (χ3n) is 1.81. The van der Waals surface area contributed by atoms with Crippen molar-refractivity contribution in [2.45, 2.75) is 19.4 Å². The molecule has 0 radical (unpaired) electrons. The van der Waals surface area contributed by atoms with Gasteiger partial charge in [0.05, 0.1) is 0 Å². The summed E-state index contributed by atoms with van der Waals surface area (Å²) in [5.41, 5.74) is -1.44. The zero-order chi connectivity index (χ0) is 11.6. The van der Waals surface area contributed by atoms with Crippen molar-refractivity contribution in [2.75, 3.05) is 0 Å². The predicted octanol–water partition coefficient (Wildman–Crippen LogP) is 1.77. The molecule has 2 N–H and O–H groups in total. The molecule has 0 amide bonds. The van der Waals surface area contributed by atoms with E-state index in [0.29, 0.717) is 0 Å². The Kier molecular flexibility index (Phi) is 2.83. The van der Waals surface area contributed by atoms with E-state index in [0.717, 1.165) is 12.1 Å². The highest BCUT2D eigenvalue weighted by Crippen LogP contribution is 2.24. The van der Waals surface area contributed by atoms with E-state index in [2.05, 4.69) is 0 Å². The van der Waals surface area contributed by atoms with Crippen LogP contribution in [0.4, 0.5) is 4.39 Å². The Balaban J connectivity index is 2.91. The van der Waals surface area contributed by atoms with Gasteiger partial charge in [-0.2, -0.15) is 0 Å². The minimum absolute atomic E-state index is 0.0534. The monoisotopic (exact) mass is 214 g/mol. The molecule has 0 atom stereocenters. The number of carboxylic acid groups (broad SMARTS) is 1. The second-order valence-electron chi connectivity index (χ2n) is 3.53. The van der Waals surface area contributed by atoms with Crippen LogP contribution in [-0.2, 0) is 4.79 Å². The molecule has 15 heavy (non-hydrogen) atoms. The molecular weight excluding hydrogens is 203 g/mol. The first-order valence-corrected chi connectivity index (χ1v) is 4.24. The summed E-state index contributed by atoms with van der Waals surface area (Å²) in [6, 6.07) is 3.33. The van der Waals surface area contributed by atoms with Gasteiger partial charge in [0.1, 0.15) is 5.75 Å². The molecule has 0 aliphatic rings. The molecule has 0 aromatic heterocycles. The molecule has 0 aliphatic heterocycles. The molecule has 0 heterocycles. The average Bonchev–Trinajstić information content (AvgIpc) is 2.10. The molecule has 0 saturated heterocycles. The van der Waals surface area contributed by atoms with Gasteiger partial charge in [-0.3, -0.25) is 0 Å². The molecule has 1 aromatic rings. The molecule has 0 aliphatic carbocycles. The molecule has 0 fully saturated rings. The van der Waals surface area contributed by atoms with Gasteiger partial charge in [-0.25, -0.2) is 9.18 Å². The molecule has 1 aromatic carbocycles. The minimum Gasteiger partial charge on any atom is -0.505 e. The van der Waals surface area contributed by atoms with Crippen LogP contribution in [0.15, 0.2) is 18.2 Å². The zero-order valence-electron chi connectivity index (χ0n) is 8.32. The highest BCUT2D eigenvalue weighted by Gasteiger charge is 2.29. The van der Waals surface area contributed by atoms with E-state index in [-0.39, 0.29) is 5.75 Å². The fourth-order valence-electron chi connectivity index (χ4n) is 0.889. The number of carboxylic acids is 1. The molecule has 82 valence electrons. The normalized spacial score (nSPS) is 11.1. The van der Waals surface area contributed by atoms with Gasteiger partial charge < -0.3 is 14.9 Å². The van der Waals surface area contributed by atoms with Crippen molar-refractivity contribution in [3.8, 4) is 11.5 Å². The van der Waals surface area contributed by atoms with Crippen LogP contribution in [0.2, 0.25) is 0 Å². The van der Waals surface area contributed by atoms with Crippen LogP contribution in [0.3, 0.4) is 0 Å². The minimum atomic E-state index is -1.44. The lowest BCUT2D eigenvalue weighted by Gasteiger charge is -2.21. The SMILES string of the molecule is CC(C)(Oc1ccc(O)c(F)c1)C(=O)O. The molecule has 0 spiro atoms. The maximum absolute atomic E-state index is 12.9. The summed E-state index contributed by atoms with van der Waals surface area (Å²) in [7, 11) is 0. The van der Waals surface area contributed by atoms with Crippen molar-refractivity contribution in [3.63, 3.8) is 0 Å². The molecule has 4 nitrogen and oxygen atoms in total. The first-order valence-electron chi connectivity index (χ1n) is 4.24. The van der Waals surface area contributed by atoms with E-state index >= 15 is 0 Å². The number of hydrogen-bond donors (Lipinski definition) is 2. The lowest BCUT2D eigenvalue weighted by atomic mass is 10.1. The number of carbonyl (C=O) groups is 1. The van der Waals surface area contributed by atoms with Gasteiger partial charge in [-0.05, 0) is 26.0 Å². The Hall–Kier alpha value is -1.78. The van der Waals surface area contributed by atoms with E-state index in [1.54, 1.807) is 0 Å². The fraction of sp³-hybridized carbons (Fsp3) is 0.300. The number of hydrogen-bond acceptors (Lipinski definition) is 3. The van der Waals surface area contributed by atoms with Crippen molar-refractivity contribution in [3.05, 3.63) is 24.0 Å². The standard InChI is InChI=1S/C10H11FO4/c1-10(2,9(13)14)15-6-3-4-8(12)7(11)5-6/h3-5,12H,1-2H3,(H,13,14). The van der Waals surface area contributed by atoms with Crippen LogP contribution in [0.1, 0.15) is 13.8 Å². The second kappa shape index (κ2) is 3.76. The van der Waals surface area contributed by atoms with Crippen LogP contribution in [0.5, 0.6) is 11.5 Å². The summed E-state index contributed by atoms with van der Waals surface area (Å²) in [6.07, 6.45) is 0. The summed E-state index contributed by atoms with van der Waals surface area (Å²) in [4.78, 5) is 10.7. The smallest absolute Gasteiger partial charge is 0.347 e. The Morgan fingerprint density at radius 3 is 2.53 bits per heavy atom. The number of ether oxygens (including phenoxy) is 1. The molecule has 5 heteroatoms. The molecule has 0 unspecified atom stereocenters. The van der Waals surface area contributed by atoms with E-state index in [4.69, 9.17) is 14.9 Å². The van der Waals surface area contributed by atoms with Crippen molar-refractivity contribution in [1.29, 1.82) is 0 Å². The third kappa shape index (κ3) is 2.59. The lowest BCUT2D eigenvalue weighted by molar-refractivity contribution is -0.152. The first kappa shape index (κ1) is 11.3. The maximum Gasteiger partial charge on any atom is 0.347 e. The summed E-state index contributed by atoms with van der Waals surface area (Å²) in [5, 5.41) is 17.7. The highest BCUT2D eigenvalue weighted by molar-refractivity contribution is 5.76. The van der Waals surface area contributed by atoms with Crippen molar-refractivity contribution in [2.24, 2.45) is 0 Å². The zero-order valence-corrected chi connectivity index (χ0v) is 8.32. The predicted molar refractivity (Wildman–Crippen MR) is 50.4 cm³/mol. The van der Waals surface area contributed by atoms with Crippen LogP contribution in [-0.4, -0.2) is 21.8 Å². The number of phenols is 1. The third-order valence-corrected chi connectivity index (χ3v) is 1.81. The summed E-state index contributed by atoms with van der Waals surface area (Å²) in [6.45, 7) is 2.69. The Morgan fingerprint density at radius 2 is 2.07 bits per heavy atom. The number of benzene rings is 1. The summed E-state index contributed by atoms with van der Waals surface area (Å²) in [5.74, 6) is -2.46. The van der Waals surface area contributed by atoms with Crippen molar-refractivity contribution >= 4 is 5.97 Å². The molecule has 1 rings (SSSR count). The summed E-state index contributed by atoms with van der Waals surface area (Å²) < 4.78 is 17.9. The number of halogens is 1. The van der Waals surface area contributed by atoms with Gasteiger partial charge >= 0.3 is 5.97 Å². The second-order valence-corrected chi connectivity index (χ2v) is 3.53. The number of aliphatic carboxylic acids is 1. The molecule has 0 saturated carbocycles. The van der Waals surface area contributed by atoms with Gasteiger partial charge in [0, 0.05) is 6.07 Å². The maximum atomic E-state index is 12.9. The Labute approximate surface area is 85.9 Å². The van der Waals surface area contributed by atoms with Crippen LogP contribution in [0.25, 0.3) is 0 Å². The largest absolute Gasteiger partial charge is 0.505 e. The number of rotatable bonds is 3. The van der Waals surface area contributed by atoms with Crippen molar-refractivity contribution in [1.82, 2.24) is 0 Å². The molecule has 0 bridgehead atoms. The number of aromatic hydroxyl groups is 1. The van der Waals surface area contributed by atoms with Gasteiger partial charge in [0.2, 0.25) is 0 Å². The lowest BCUT2D eigenvalue weighted by Crippen LogP contribution is -2.37.